The Labute approximate surface area is 302 Å². The highest BCUT2D eigenvalue weighted by molar-refractivity contribution is 5.75. The molecule has 1 atom stereocenters. The highest BCUT2D eigenvalue weighted by atomic mass is 16.4. The minimum atomic E-state index is -0.674. The van der Waals surface area contributed by atoms with Gasteiger partial charge in [-0.25, -0.2) is 0 Å². The molecule has 0 aliphatic carbocycles. The fourth-order valence-corrected chi connectivity index (χ4v) is 6.61. The van der Waals surface area contributed by atoms with E-state index in [1.54, 1.807) is 0 Å². The average Bonchev–Trinajstić information content (AvgIpc) is 3.06. The molecular weight excluding hydrogens is 610 g/mol. The van der Waals surface area contributed by atoms with Gasteiger partial charge in [-0.05, 0) is 83.0 Å². The lowest BCUT2D eigenvalue weighted by atomic mass is 9.90. The summed E-state index contributed by atoms with van der Waals surface area (Å²) in [6.07, 6.45) is 48.3. The summed E-state index contributed by atoms with van der Waals surface area (Å²) in [5.41, 5.74) is 11.1. The number of allylic oxidation sites excluding steroid dienone is 4. The molecule has 0 aromatic heterocycles. The Morgan fingerprint density at radius 3 is 1.04 bits per heavy atom. The number of aliphatic imine (C=N–C) groups is 1. The van der Waals surface area contributed by atoms with Gasteiger partial charge in [0.1, 0.15) is 0 Å². The molecule has 0 radical (unpaired) electrons. The van der Waals surface area contributed by atoms with Crippen molar-refractivity contribution in [2.45, 2.75) is 212 Å². The van der Waals surface area contributed by atoms with E-state index >= 15 is 0 Å². The van der Waals surface area contributed by atoms with Gasteiger partial charge in [0.25, 0.3) is 0 Å². The van der Waals surface area contributed by atoms with E-state index in [1.807, 2.05) is 0 Å². The van der Waals surface area contributed by atoms with E-state index in [2.05, 4.69) is 29.3 Å². The van der Waals surface area contributed by atoms with Gasteiger partial charge in [-0.3, -0.25) is 14.6 Å². The molecule has 0 aliphatic heterocycles. The van der Waals surface area contributed by atoms with Crippen LogP contribution in [0.25, 0.3) is 0 Å². The van der Waals surface area contributed by atoms with Gasteiger partial charge in [0.2, 0.25) is 0 Å². The molecule has 49 heavy (non-hydrogen) atoms. The second-order valence-electron chi connectivity index (χ2n) is 14.4. The van der Waals surface area contributed by atoms with Crippen LogP contribution in [-0.2, 0) is 9.59 Å². The van der Waals surface area contributed by atoms with Gasteiger partial charge in [0.15, 0.2) is 5.96 Å². The molecule has 0 rings (SSSR count). The highest BCUT2D eigenvalue weighted by Crippen LogP contribution is 2.24. The number of carboxylic acid groups (broad SMARTS) is 2. The van der Waals surface area contributed by atoms with Gasteiger partial charge in [-0.15, -0.1) is 0 Å². The van der Waals surface area contributed by atoms with E-state index in [1.165, 1.54) is 141 Å². The molecule has 286 valence electrons. The summed E-state index contributed by atoms with van der Waals surface area (Å²) in [6, 6.07) is 0. The molecule has 0 aromatic rings. The minimum Gasteiger partial charge on any atom is -0.481 e. The van der Waals surface area contributed by atoms with Crippen molar-refractivity contribution >= 4 is 17.9 Å². The number of guanidine groups is 1. The number of rotatable bonds is 39. The van der Waals surface area contributed by atoms with Crippen LogP contribution >= 0.6 is 0 Å². The predicted molar refractivity (Wildman–Crippen MR) is 210 cm³/mol. The van der Waals surface area contributed by atoms with Crippen molar-refractivity contribution in [1.29, 1.82) is 0 Å². The molecule has 6 N–H and O–H groups in total. The van der Waals surface area contributed by atoms with E-state index in [0.717, 1.165) is 70.3 Å². The first-order valence-electron chi connectivity index (χ1n) is 20.7. The quantitative estimate of drug-likeness (QED) is 0.0219. The molecule has 0 saturated carbocycles. The lowest BCUT2D eigenvalue weighted by Gasteiger charge is -2.16. The molecule has 0 heterocycles. The van der Waals surface area contributed by atoms with Crippen molar-refractivity contribution in [1.82, 2.24) is 0 Å². The summed E-state index contributed by atoms with van der Waals surface area (Å²) in [5, 5.41) is 17.3. The van der Waals surface area contributed by atoms with Crippen LogP contribution in [0.3, 0.4) is 0 Å². The maximum absolute atomic E-state index is 10.5. The lowest BCUT2D eigenvalue weighted by molar-refractivity contribution is -0.138. The average molecular weight is 690 g/mol. The highest BCUT2D eigenvalue weighted by Gasteiger charge is 2.09. The Bertz CT molecular complexity index is 823. The van der Waals surface area contributed by atoms with Gasteiger partial charge in [0.05, 0.1) is 0 Å². The summed E-state index contributed by atoms with van der Waals surface area (Å²) in [5.74, 6) is -0.323. The maximum Gasteiger partial charge on any atom is 0.303 e. The SMILES string of the molecule is NC(N)=NCCCC(CCCCCCCC/C=C\CCCCCCCC(=O)O)CCCCCCCCC/C=C\CCCCCCCC(=O)O. The topological polar surface area (TPSA) is 139 Å². The van der Waals surface area contributed by atoms with Crippen molar-refractivity contribution in [3.8, 4) is 0 Å². The first-order valence-corrected chi connectivity index (χ1v) is 20.7. The third-order valence-corrected chi connectivity index (χ3v) is 9.64. The fourth-order valence-electron chi connectivity index (χ4n) is 6.61. The summed E-state index contributed by atoms with van der Waals surface area (Å²) >= 11 is 0. The molecule has 0 fully saturated rings. The van der Waals surface area contributed by atoms with Gasteiger partial charge in [0, 0.05) is 19.4 Å². The zero-order valence-corrected chi connectivity index (χ0v) is 31.7. The first kappa shape index (κ1) is 46.7. The van der Waals surface area contributed by atoms with Crippen LogP contribution < -0.4 is 11.5 Å². The third kappa shape index (κ3) is 41.8. The largest absolute Gasteiger partial charge is 0.481 e. The third-order valence-electron chi connectivity index (χ3n) is 9.64. The van der Waals surface area contributed by atoms with E-state index in [0.29, 0.717) is 12.8 Å². The van der Waals surface area contributed by atoms with Gasteiger partial charge >= 0.3 is 11.9 Å². The standard InChI is InChI=1S/C42H79N3O4/c43-42(44)45-38-32-35-39(34-29-25-21-17-13-9-5-3-7-11-15-19-23-27-31-37-41(48)49)33-28-24-20-16-12-8-4-1-2-6-10-14-18-22-26-30-36-40(46)47/h2-3,6-7,39H,1,4-5,8-38H2,(H,46,47)(H,48,49)(H4,43,44,45)/b6-2-,7-3-. The van der Waals surface area contributed by atoms with E-state index in [9.17, 15) is 9.59 Å². The van der Waals surface area contributed by atoms with Gasteiger partial charge in [-0.1, -0.05) is 146 Å². The fraction of sp³-hybridized carbons (Fsp3) is 0.833. The number of unbranched alkanes of at least 4 members (excludes halogenated alkanes) is 23. The van der Waals surface area contributed by atoms with Gasteiger partial charge < -0.3 is 21.7 Å². The van der Waals surface area contributed by atoms with Crippen LogP contribution in [-0.4, -0.2) is 34.7 Å². The normalized spacial score (nSPS) is 12.2. The summed E-state index contributed by atoms with van der Waals surface area (Å²) in [6.45, 7) is 0.757. The van der Waals surface area contributed by atoms with Crippen molar-refractivity contribution < 1.29 is 19.8 Å². The van der Waals surface area contributed by atoms with Crippen LogP contribution in [0.5, 0.6) is 0 Å². The molecule has 0 aliphatic rings. The van der Waals surface area contributed by atoms with E-state index < -0.39 is 11.9 Å². The number of hydrogen-bond acceptors (Lipinski definition) is 3. The van der Waals surface area contributed by atoms with Crippen LogP contribution in [0.4, 0.5) is 0 Å². The lowest BCUT2D eigenvalue weighted by Crippen LogP contribution is -2.23. The van der Waals surface area contributed by atoms with Crippen LogP contribution in [0.2, 0.25) is 0 Å². The summed E-state index contributed by atoms with van der Waals surface area (Å²) in [4.78, 5) is 25.2. The summed E-state index contributed by atoms with van der Waals surface area (Å²) in [7, 11) is 0. The first-order chi connectivity index (χ1) is 23.9. The number of carboxylic acids is 2. The zero-order valence-electron chi connectivity index (χ0n) is 31.7. The Morgan fingerprint density at radius 1 is 0.429 bits per heavy atom. The molecule has 0 amide bonds. The van der Waals surface area contributed by atoms with Crippen LogP contribution in [0, 0.1) is 5.92 Å². The number of aliphatic carboxylic acids is 2. The zero-order chi connectivity index (χ0) is 35.9. The molecular formula is C42H79N3O4. The Kier molecular flexibility index (Phi) is 36.7. The van der Waals surface area contributed by atoms with Crippen molar-refractivity contribution in [3.63, 3.8) is 0 Å². The van der Waals surface area contributed by atoms with Crippen molar-refractivity contribution in [2.75, 3.05) is 6.54 Å². The minimum absolute atomic E-state index is 0.211. The Balaban J connectivity index is 3.77. The van der Waals surface area contributed by atoms with Crippen LogP contribution in [0.15, 0.2) is 29.3 Å². The van der Waals surface area contributed by atoms with Crippen molar-refractivity contribution in [3.05, 3.63) is 24.3 Å². The monoisotopic (exact) mass is 690 g/mol. The smallest absolute Gasteiger partial charge is 0.303 e. The van der Waals surface area contributed by atoms with E-state index in [4.69, 9.17) is 21.7 Å². The van der Waals surface area contributed by atoms with Gasteiger partial charge in [-0.2, -0.15) is 0 Å². The molecule has 0 bridgehead atoms. The number of hydrogen-bond donors (Lipinski definition) is 4. The second kappa shape index (κ2) is 38.5. The number of carbonyl (C=O) groups is 2. The molecule has 7 heteroatoms. The molecule has 0 aromatic carbocycles. The Morgan fingerprint density at radius 2 is 0.714 bits per heavy atom. The van der Waals surface area contributed by atoms with Crippen LogP contribution in [0.1, 0.15) is 212 Å². The summed E-state index contributed by atoms with van der Waals surface area (Å²) < 4.78 is 0. The maximum atomic E-state index is 10.5. The van der Waals surface area contributed by atoms with E-state index in [-0.39, 0.29) is 5.96 Å². The number of nitrogens with zero attached hydrogens (tertiary/aromatic N) is 1. The molecule has 0 spiro atoms. The van der Waals surface area contributed by atoms with Crippen molar-refractivity contribution in [2.24, 2.45) is 22.4 Å². The molecule has 1 unspecified atom stereocenters. The molecule has 7 nitrogen and oxygen atoms in total. The predicted octanol–water partition coefficient (Wildman–Crippen LogP) is 12.0. The Hall–Kier alpha value is -2.31. The number of nitrogens with two attached hydrogens (primary N) is 2. The second-order valence-corrected chi connectivity index (χ2v) is 14.4. The molecule has 0 saturated heterocycles.